The van der Waals surface area contributed by atoms with E-state index in [9.17, 15) is 9.59 Å². The van der Waals surface area contributed by atoms with Gasteiger partial charge in [0.1, 0.15) is 0 Å². The van der Waals surface area contributed by atoms with E-state index >= 15 is 0 Å². The lowest BCUT2D eigenvalue weighted by Gasteiger charge is -2.23. The van der Waals surface area contributed by atoms with Crippen molar-refractivity contribution in [1.82, 2.24) is 15.1 Å². The van der Waals surface area contributed by atoms with Crippen molar-refractivity contribution in [3.63, 3.8) is 0 Å². The molecule has 6 heteroatoms. The number of nitrogens with zero attached hydrogens (tertiary/aromatic N) is 2. The van der Waals surface area contributed by atoms with Crippen LogP contribution in [0.15, 0.2) is 0 Å². The van der Waals surface area contributed by atoms with Crippen molar-refractivity contribution in [1.29, 1.82) is 0 Å². The molecule has 0 aromatic heterocycles. The number of carbonyl (C=O) groups is 2. The highest BCUT2D eigenvalue weighted by Gasteiger charge is 2.22. The fourth-order valence-corrected chi connectivity index (χ4v) is 1.62. The molecular formula is C13H25N3O3. The molecule has 1 aliphatic rings. The smallest absolute Gasteiger partial charge is 0.241 e. The Bertz CT molecular complexity index is 304. The number of carbonyl (C=O) groups excluding carboxylic acids is 2. The van der Waals surface area contributed by atoms with Gasteiger partial charge < -0.3 is 19.9 Å². The molecule has 0 aliphatic heterocycles. The first-order valence-corrected chi connectivity index (χ1v) is 6.72. The molecule has 0 radical (unpaired) electrons. The van der Waals surface area contributed by atoms with Gasteiger partial charge in [-0.1, -0.05) is 0 Å². The van der Waals surface area contributed by atoms with Crippen LogP contribution in [-0.4, -0.2) is 75.6 Å². The van der Waals surface area contributed by atoms with Gasteiger partial charge in [0.2, 0.25) is 11.8 Å². The van der Waals surface area contributed by atoms with Crippen LogP contribution in [0, 0.1) is 5.92 Å². The number of methoxy groups -OCH3 is 1. The van der Waals surface area contributed by atoms with Gasteiger partial charge in [-0.15, -0.1) is 0 Å². The Kier molecular flexibility index (Phi) is 6.80. The molecule has 0 bridgehead atoms. The maximum absolute atomic E-state index is 12.0. The Balaban J connectivity index is 2.35. The summed E-state index contributed by atoms with van der Waals surface area (Å²) in [6.07, 6.45) is 2.52. The number of hydrogen-bond acceptors (Lipinski definition) is 4. The van der Waals surface area contributed by atoms with Gasteiger partial charge in [-0.25, -0.2) is 0 Å². The van der Waals surface area contributed by atoms with Crippen molar-refractivity contribution < 1.29 is 14.3 Å². The van der Waals surface area contributed by atoms with Crippen molar-refractivity contribution in [2.45, 2.75) is 12.8 Å². The Morgan fingerprint density at radius 2 is 1.95 bits per heavy atom. The predicted molar refractivity (Wildman–Crippen MR) is 72.7 cm³/mol. The van der Waals surface area contributed by atoms with Crippen molar-refractivity contribution in [2.75, 3.05) is 54.0 Å². The number of rotatable bonds is 9. The number of amides is 2. The second-order valence-electron chi connectivity index (χ2n) is 5.17. The van der Waals surface area contributed by atoms with Gasteiger partial charge >= 0.3 is 0 Å². The fourth-order valence-electron chi connectivity index (χ4n) is 1.62. The van der Waals surface area contributed by atoms with Crippen molar-refractivity contribution in [3.05, 3.63) is 0 Å². The number of ether oxygens (including phenoxy) is 1. The van der Waals surface area contributed by atoms with Crippen LogP contribution in [0.5, 0.6) is 0 Å². The third-order valence-electron chi connectivity index (χ3n) is 3.15. The average Bonchev–Trinajstić information content (AvgIpc) is 3.17. The van der Waals surface area contributed by atoms with Crippen LogP contribution in [0.1, 0.15) is 12.8 Å². The molecule has 1 aliphatic carbocycles. The van der Waals surface area contributed by atoms with Gasteiger partial charge in [-0.3, -0.25) is 9.59 Å². The Morgan fingerprint density at radius 1 is 1.26 bits per heavy atom. The number of hydrogen-bond donors (Lipinski definition) is 1. The summed E-state index contributed by atoms with van der Waals surface area (Å²) in [7, 11) is 4.96. The summed E-state index contributed by atoms with van der Waals surface area (Å²) < 4.78 is 4.98. The summed E-state index contributed by atoms with van der Waals surface area (Å²) in [6, 6.07) is 0. The maximum Gasteiger partial charge on any atom is 0.241 e. The molecule has 19 heavy (non-hydrogen) atoms. The second kappa shape index (κ2) is 8.12. The Hall–Kier alpha value is -1.14. The van der Waals surface area contributed by atoms with Crippen LogP contribution in [-0.2, 0) is 14.3 Å². The summed E-state index contributed by atoms with van der Waals surface area (Å²) in [6.45, 7) is 2.18. The Labute approximate surface area is 115 Å². The molecule has 2 amide bonds. The maximum atomic E-state index is 12.0. The molecule has 110 valence electrons. The topological polar surface area (TPSA) is 61.9 Å². The molecule has 0 saturated heterocycles. The standard InChI is InChI=1S/C13H25N3O3/c1-15(2)13(18)10-16(6-7-19-3)12(17)9-14-8-11-4-5-11/h11,14H,4-10H2,1-3H3. The monoisotopic (exact) mass is 271 g/mol. The second-order valence-corrected chi connectivity index (χ2v) is 5.17. The van der Waals surface area contributed by atoms with E-state index in [1.807, 2.05) is 0 Å². The third-order valence-corrected chi connectivity index (χ3v) is 3.15. The van der Waals surface area contributed by atoms with E-state index in [4.69, 9.17) is 4.74 Å². The molecule has 0 heterocycles. The lowest BCUT2D eigenvalue weighted by atomic mass is 10.3. The molecule has 0 spiro atoms. The van der Waals surface area contributed by atoms with Crippen LogP contribution in [0.25, 0.3) is 0 Å². The molecular weight excluding hydrogens is 246 g/mol. The van der Waals surface area contributed by atoms with Crippen molar-refractivity contribution >= 4 is 11.8 Å². The fraction of sp³-hybridized carbons (Fsp3) is 0.846. The molecule has 1 saturated carbocycles. The molecule has 0 unspecified atom stereocenters. The minimum absolute atomic E-state index is 0.0482. The minimum atomic E-state index is -0.0772. The number of nitrogens with one attached hydrogen (secondary N) is 1. The van der Waals surface area contributed by atoms with Gasteiger partial charge in [0.25, 0.3) is 0 Å². The van der Waals surface area contributed by atoms with Gasteiger partial charge in [0.15, 0.2) is 0 Å². The number of likely N-dealkylation sites (N-methyl/N-ethyl adjacent to an activating group) is 1. The molecule has 1 fully saturated rings. The zero-order valence-corrected chi connectivity index (χ0v) is 12.1. The van der Waals surface area contributed by atoms with Gasteiger partial charge in [0, 0.05) is 27.7 Å². The Morgan fingerprint density at radius 3 is 2.47 bits per heavy atom. The van der Waals surface area contributed by atoms with Crippen LogP contribution < -0.4 is 5.32 Å². The lowest BCUT2D eigenvalue weighted by molar-refractivity contribution is -0.139. The van der Waals surface area contributed by atoms with Gasteiger partial charge in [-0.2, -0.15) is 0 Å². The largest absolute Gasteiger partial charge is 0.383 e. The van der Waals surface area contributed by atoms with Crippen LogP contribution in [0.3, 0.4) is 0 Å². The quantitative estimate of drug-likeness (QED) is 0.617. The van der Waals surface area contributed by atoms with E-state index in [-0.39, 0.29) is 18.4 Å². The van der Waals surface area contributed by atoms with Crippen LogP contribution in [0.4, 0.5) is 0 Å². The van der Waals surface area contributed by atoms with E-state index in [1.54, 1.807) is 26.1 Å². The van der Waals surface area contributed by atoms with Gasteiger partial charge in [0.05, 0.1) is 19.7 Å². The summed E-state index contributed by atoms with van der Waals surface area (Å²) in [5, 5.41) is 3.15. The van der Waals surface area contributed by atoms with Gasteiger partial charge in [-0.05, 0) is 25.3 Å². The molecule has 1 N–H and O–H groups in total. The molecule has 0 aromatic carbocycles. The van der Waals surface area contributed by atoms with Crippen molar-refractivity contribution in [3.8, 4) is 0 Å². The predicted octanol–water partition coefficient (Wildman–Crippen LogP) is -0.451. The first-order chi connectivity index (χ1) is 9.04. The highest BCUT2D eigenvalue weighted by atomic mass is 16.5. The first-order valence-electron chi connectivity index (χ1n) is 6.72. The van der Waals surface area contributed by atoms with Crippen LogP contribution >= 0.6 is 0 Å². The summed E-state index contributed by atoms with van der Waals surface area (Å²) in [5.74, 6) is 0.614. The van der Waals surface area contributed by atoms with E-state index in [0.717, 1.165) is 12.5 Å². The third kappa shape index (κ3) is 6.54. The van der Waals surface area contributed by atoms with E-state index in [2.05, 4.69) is 5.32 Å². The summed E-state index contributed by atoms with van der Waals surface area (Å²) in [4.78, 5) is 26.8. The molecule has 1 rings (SSSR count). The highest BCUT2D eigenvalue weighted by molar-refractivity contribution is 5.85. The van der Waals surface area contributed by atoms with Crippen LogP contribution in [0.2, 0.25) is 0 Å². The normalized spacial score (nSPS) is 14.3. The minimum Gasteiger partial charge on any atom is -0.383 e. The first kappa shape index (κ1) is 15.9. The zero-order chi connectivity index (χ0) is 14.3. The van der Waals surface area contributed by atoms with E-state index in [0.29, 0.717) is 19.7 Å². The molecule has 6 nitrogen and oxygen atoms in total. The van der Waals surface area contributed by atoms with Crippen molar-refractivity contribution in [2.24, 2.45) is 5.92 Å². The molecule has 0 atom stereocenters. The molecule has 0 aromatic rings. The average molecular weight is 271 g/mol. The zero-order valence-electron chi connectivity index (χ0n) is 12.1. The van der Waals surface area contributed by atoms with E-state index in [1.165, 1.54) is 17.7 Å². The SMILES string of the molecule is COCCN(CC(=O)N(C)C)C(=O)CNCC1CC1. The van der Waals surface area contributed by atoms with E-state index < -0.39 is 0 Å². The summed E-state index contributed by atoms with van der Waals surface area (Å²) >= 11 is 0. The lowest BCUT2D eigenvalue weighted by Crippen LogP contribution is -2.45. The summed E-state index contributed by atoms with van der Waals surface area (Å²) in [5.41, 5.74) is 0. The highest BCUT2D eigenvalue weighted by Crippen LogP contribution is 2.27.